The summed E-state index contributed by atoms with van der Waals surface area (Å²) in [6.07, 6.45) is 0. The lowest BCUT2D eigenvalue weighted by Crippen LogP contribution is -2.40. The molecule has 0 saturated heterocycles. The number of hydrogen-bond acceptors (Lipinski definition) is 4. The fourth-order valence-corrected chi connectivity index (χ4v) is 5.23. The van der Waals surface area contributed by atoms with Crippen LogP contribution in [0, 0.1) is 18.7 Å². The fraction of sp³-hybridized carbons (Fsp3) is 0.300. The maximum absolute atomic E-state index is 14.6. The molecule has 0 N–H and O–H groups in total. The number of halogens is 2. The molecule has 2 heterocycles. The molecule has 4 aromatic rings. The Balaban J connectivity index is 1.71. The molecule has 190 valence electrons. The summed E-state index contributed by atoms with van der Waals surface area (Å²) in [6.45, 7) is 9.05. The molecule has 1 unspecified atom stereocenters. The molecule has 0 bridgehead atoms. The number of nitrogens with zero attached hydrogens (tertiary/aromatic N) is 4. The molecule has 37 heavy (non-hydrogen) atoms. The summed E-state index contributed by atoms with van der Waals surface area (Å²) in [5.41, 5.74) is 2.77. The van der Waals surface area contributed by atoms with Gasteiger partial charge < -0.3 is 4.90 Å². The summed E-state index contributed by atoms with van der Waals surface area (Å²) < 4.78 is 16.3. The minimum atomic E-state index is -0.271. The van der Waals surface area contributed by atoms with Gasteiger partial charge in [-0.15, -0.1) is 0 Å². The molecule has 5 rings (SSSR count). The number of hydrogen-bond donors (Lipinski definition) is 0. The molecule has 3 aromatic carbocycles. The Bertz CT molecular complexity index is 1550. The zero-order valence-electron chi connectivity index (χ0n) is 21.5. The van der Waals surface area contributed by atoms with E-state index in [9.17, 15) is 9.18 Å². The average molecular weight is 517 g/mol. The number of rotatable bonds is 6. The SMILES string of the molecule is Cc1ccc(C2=N[C@@H](C)CN2C(c2nc3cc(Cl)ccc3c(=O)n2Cc2ccccc2)C(C)C)cc1F. The highest BCUT2D eigenvalue weighted by Gasteiger charge is 2.35. The third-order valence-corrected chi connectivity index (χ3v) is 7.10. The zero-order chi connectivity index (χ0) is 26.3. The van der Waals surface area contributed by atoms with Crippen LogP contribution in [0.2, 0.25) is 5.02 Å². The van der Waals surface area contributed by atoms with Gasteiger partial charge in [-0.05, 0) is 55.2 Å². The Morgan fingerprint density at radius 2 is 1.84 bits per heavy atom. The highest BCUT2D eigenvalue weighted by atomic mass is 35.5. The molecular formula is C30H30ClFN4O. The molecule has 0 spiro atoms. The van der Waals surface area contributed by atoms with E-state index in [4.69, 9.17) is 21.6 Å². The van der Waals surface area contributed by atoms with Crippen LogP contribution in [-0.2, 0) is 6.54 Å². The normalized spacial score (nSPS) is 16.5. The van der Waals surface area contributed by atoms with E-state index in [2.05, 4.69) is 18.7 Å². The van der Waals surface area contributed by atoms with Crippen molar-refractivity contribution in [3.8, 4) is 0 Å². The predicted octanol–water partition coefficient (Wildman–Crippen LogP) is 6.39. The molecule has 0 radical (unpaired) electrons. The monoisotopic (exact) mass is 516 g/mol. The van der Waals surface area contributed by atoms with Crippen molar-refractivity contribution < 1.29 is 4.39 Å². The minimum absolute atomic E-state index is 0.0183. The van der Waals surface area contributed by atoms with Crippen LogP contribution in [0.4, 0.5) is 4.39 Å². The second-order valence-corrected chi connectivity index (χ2v) is 10.6. The number of aliphatic imine (C=N–C) groups is 1. The first kappa shape index (κ1) is 25.2. The Morgan fingerprint density at radius 3 is 2.54 bits per heavy atom. The van der Waals surface area contributed by atoms with Crippen LogP contribution in [0.15, 0.2) is 76.5 Å². The Morgan fingerprint density at radius 1 is 1.08 bits per heavy atom. The van der Waals surface area contributed by atoms with Crippen molar-refractivity contribution in [2.75, 3.05) is 6.54 Å². The van der Waals surface area contributed by atoms with Gasteiger partial charge in [0, 0.05) is 17.1 Å². The molecule has 0 aliphatic carbocycles. The van der Waals surface area contributed by atoms with Crippen LogP contribution < -0.4 is 5.56 Å². The first-order chi connectivity index (χ1) is 17.7. The van der Waals surface area contributed by atoms with Crippen LogP contribution in [0.25, 0.3) is 10.9 Å². The van der Waals surface area contributed by atoms with E-state index in [-0.39, 0.29) is 29.4 Å². The number of aromatic nitrogens is 2. The van der Waals surface area contributed by atoms with Gasteiger partial charge >= 0.3 is 0 Å². The molecule has 0 amide bonds. The molecule has 5 nitrogen and oxygen atoms in total. The first-order valence-corrected chi connectivity index (χ1v) is 13.0. The smallest absolute Gasteiger partial charge is 0.261 e. The van der Waals surface area contributed by atoms with Crippen molar-refractivity contribution in [3.63, 3.8) is 0 Å². The maximum Gasteiger partial charge on any atom is 0.261 e. The van der Waals surface area contributed by atoms with Gasteiger partial charge in [0.1, 0.15) is 17.5 Å². The van der Waals surface area contributed by atoms with Gasteiger partial charge in [-0.2, -0.15) is 0 Å². The molecule has 1 aliphatic rings. The van der Waals surface area contributed by atoms with Crippen LogP contribution in [0.5, 0.6) is 0 Å². The second kappa shape index (κ2) is 10.1. The largest absolute Gasteiger partial charge is 0.344 e. The quantitative estimate of drug-likeness (QED) is 0.298. The summed E-state index contributed by atoms with van der Waals surface area (Å²) in [5, 5.41) is 1.05. The van der Waals surface area contributed by atoms with Crippen molar-refractivity contribution in [2.45, 2.75) is 46.3 Å². The molecule has 1 aromatic heterocycles. The third-order valence-electron chi connectivity index (χ3n) is 6.87. The topological polar surface area (TPSA) is 50.5 Å². The Labute approximate surface area is 221 Å². The summed E-state index contributed by atoms with van der Waals surface area (Å²) >= 11 is 6.30. The van der Waals surface area contributed by atoms with Gasteiger partial charge in [-0.3, -0.25) is 14.4 Å². The van der Waals surface area contributed by atoms with E-state index < -0.39 is 0 Å². The molecular weight excluding hydrogens is 487 g/mol. The number of fused-ring (bicyclic) bond motifs is 1. The highest BCUT2D eigenvalue weighted by molar-refractivity contribution is 6.31. The van der Waals surface area contributed by atoms with Crippen molar-refractivity contribution in [1.82, 2.24) is 14.5 Å². The molecule has 0 saturated carbocycles. The lowest BCUT2D eigenvalue weighted by molar-refractivity contribution is 0.242. The van der Waals surface area contributed by atoms with Gasteiger partial charge in [-0.25, -0.2) is 9.37 Å². The van der Waals surface area contributed by atoms with E-state index in [1.165, 1.54) is 0 Å². The van der Waals surface area contributed by atoms with Gasteiger partial charge in [-0.1, -0.05) is 67.9 Å². The van der Waals surface area contributed by atoms with Crippen LogP contribution in [0.1, 0.15) is 49.3 Å². The summed E-state index contributed by atoms with van der Waals surface area (Å²) in [7, 11) is 0. The van der Waals surface area contributed by atoms with E-state index in [1.54, 1.807) is 41.8 Å². The van der Waals surface area contributed by atoms with Gasteiger partial charge in [0.15, 0.2) is 0 Å². The van der Waals surface area contributed by atoms with Crippen molar-refractivity contribution in [3.05, 3.63) is 110 Å². The first-order valence-electron chi connectivity index (χ1n) is 12.6. The Kier molecular flexibility index (Phi) is 6.86. The zero-order valence-corrected chi connectivity index (χ0v) is 22.2. The van der Waals surface area contributed by atoms with Crippen molar-refractivity contribution in [2.24, 2.45) is 10.9 Å². The summed E-state index contributed by atoms with van der Waals surface area (Å²) in [5.74, 6) is 1.18. The van der Waals surface area contributed by atoms with Crippen LogP contribution >= 0.6 is 11.6 Å². The minimum Gasteiger partial charge on any atom is -0.344 e. The lowest BCUT2D eigenvalue weighted by atomic mass is 9.99. The van der Waals surface area contributed by atoms with Crippen molar-refractivity contribution in [1.29, 1.82) is 0 Å². The predicted molar refractivity (Wildman–Crippen MR) is 148 cm³/mol. The molecule has 1 aliphatic heterocycles. The van der Waals surface area contributed by atoms with E-state index in [1.807, 2.05) is 43.3 Å². The lowest BCUT2D eigenvalue weighted by Gasteiger charge is -2.35. The summed E-state index contributed by atoms with van der Waals surface area (Å²) in [6, 6.07) is 20.1. The third kappa shape index (κ3) is 4.90. The molecule has 2 atom stereocenters. The Hall–Kier alpha value is -3.51. The van der Waals surface area contributed by atoms with Gasteiger partial charge in [0.2, 0.25) is 0 Å². The summed E-state index contributed by atoms with van der Waals surface area (Å²) in [4.78, 5) is 26.0. The van der Waals surface area contributed by atoms with Crippen molar-refractivity contribution >= 4 is 28.3 Å². The number of benzene rings is 3. The van der Waals surface area contributed by atoms with Gasteiger partial charge in [0.25, 0.3) is 5.56 Å². The standard InChI is InChI=1S/C30H30ClFN4O/c1-18(2)27(35-16-20(4)33-28(35)22-11-10-19(3)25(32)14-22)29-34-26-15-23(31)12-13-24(26)30(37)36(29)17-21-8-6-5-7-9-21/h5-15,18,20,27H,16-17H2,1-4H3/t20-,27?/m0/s1. The van der Waals surface area contributed by atoms with Crippen LogP contribution in [0.3, 0.4) is 0 Å². The second-order valence-electron chi connectivity index (χ2n) is 10.1. The average Bonchev–Trinajstić information content (AvgIpc) is 3.24. The van der Waals surface area contributed by atoms with E-state index in [0.717, 1.165) is 17.0 Å². The number of aryl methyl sites for hydroxylation is 1. The fourth-order valence-electron chi connectivity index (χ4n) is 5.07. The van der Waals surface area contributed by atoms with E-state index in [0.29, 0.717) is 40.4 Å². The highest BCUT2D eigenvalue weighted by Crippen LogP contribution is 2.33. The molecule has 7 heteroatoms. The number of amidine groups is 1. The molecule has 0 fully saturated rings. The van der Waals surface area contributed by atoms with Crippen LogP contribution in [-0.4, -0.2) is 32.9 Å². The van der Waals surface area contributed by atoms with E-state index >= 15 is 0 Å². The van der Waals surface area contributed by atoms with Gasteiger partial charge in [0.05, 0.1) is 29.5 Å². The maximum atomic E-state index is 14.6.